The Kier molecular flexibility index (Phi) is 9.13. The number of ether oxygens (including phenoxy) is 4. The highest BCUT2D eigenvalue weighted by molar-refractivity contribution is 5.40. The predicted octanol–water partition coefficient (Wildman–Crippen LogP) is -4.27. The molecule has 0 amide bonds. The van der Waals surface area contributed by atoms with Crippen molar-refractivity contribution in [1.29, 1.82) is 0 Å². The van der Waals surface area contributed by atoms with Gasteiger partial charge in [0.25, 0.3) is 0 Å². The Labute approximate surface area is 194 Å². The van der Waals surface area contributed by atoms with E-state index in [-0.39, 0.29) is 29.2 Å². The second kappa shape index (κ2) is 11.5. The average molecular weight is 493 g/mol. The number of aromatic hydroxyl groups is 1. The highest BCUT2D eigenvalue weighted by atomic mass is 16.7. The first-order valence-corrected chi connectivity index (χ1v) is 10.6. The van der Waals surface area contributed by atoms with E-state index in [1.165, 1.54) is 6.20 Å². The third-order valence-electron chi connectivity index (χ3n) is 5.93. The highest BCUT2D eigenvalue weighted by Crippen LogP contribution is 2.29. The van der Waals surface area contributed by atoms with Crippen LogP contribution < -0.4 is 0 Å². The Morgan fingerprint density at radius 3 is 1.97 bits per heavy atom. The Morgan fingerprint density at radius 1 is 0.824 bits per heavy atom. The third kappa shape index (κ3) is 5.48. The van der Waals surface area contributed by atoms with Crippen LogP contribution in [0.5, 0.6) is 5.75 Å². The molecule has 14 heteroatoms. The fourth-order valence-corrected chi connectivity index (χ4v) is 3.73. The summed E-state index contributed by atoms with van der Waals surface area (Å²) in [4.78, 5) is 3.93. The van der Waals surface area contributed by atoms with E-state index < -0.39 is 81.2 Å². The van der Waals surface area contributed by atoms with Crippen LogP contribution in [0.4, 0.5) is 0 Å². The first kappa shape index (κ1) is 27.1. The summed E-state index contributed by atoms with van der Waals surface area (Å²) < 4.78 is 21.6. The second-order valence-electron chi connectivity index (χ2n) is 8.21. The molecule has 0 bridgehead atoms. The van der Waals surface area contributed by atoms with Gasteiger partial charge in [0.1, 0.15) is 54.6 Å². The Hall–Kier alpha value is -1.53. The molecule has 0 saturated carbocycles. The van der Waals surface area contributed by atoms with Gasteiger partial charge in [-0.1, -0.05) is 0 Å². The van der Waals surface area contributed by atoms with Gasteiger partial charge in [-0.2, -0.15) is 0 Å². The van der Waals surface area contributed by atoms with Crippen molar-refractivity contribution in [1.82, 2.24) is 4.98 Å². The quantitative estimate of drug-likeness (QED) is 0.167. The smallest absolute Gasteiger partial charge is 0.187 e. The summed E-state index contributed by atoms with van der Waals surface area (Å²) in [7, 11) is 0. The molecule has 9 N–H and O–H groups in total. The van der Waals surface area contributed by atoms with Crippen LogP contribution in [-0.2, 0) is 32.2 Å². The Morgan fingerprint density at radius 2 is 1.38 bits per heavy atom. The third-order valence-corrected chi connectivity index (χ3v) is 5.93. The van der Waals surface area contributed by atoms with E-state index >= 15 is 0 Å². The van der Waals surface area contributed by atoms with Gasteiger partial charge in [0.2, 0.25) is 0 Å². The molecule has 34 heavy (non-hydrogen) atoms. The van der Waals surface area contributed by atoms with Crippen molar-refractivity contribution in [2.75, 3.05) is 13.2 Å². The van der Waals surface area contributed by atoms with Crippen LogP contribution in [0.1, 0.15) is 16.8 Å². The van der Waals surface area contributed by atoms with Gasteiger partial charge in [0.05, 0.1) is 32.1 Å². The number of hydrogen-bond acceptors (Lipinski definition) is 14. The van der Waals surface area contributed by atoms with Crippen molar-refractivity contribution in [3.63, 3.8) is 0 Å². The number of aliphatic hydroxyl groups is 8. The topological polar surface area (TPSA) is 232 Å². The van der Waals surface area contributed by atoms with E-state index in [0.717, 1.165) is 0 Å². The van der Waals surface area contributed by atoms with Crippen LogP contribution in [0.2, 0.25) is 0 Å². The molecular weight excluding hydrogens is 462 g/mol. The van der Waals surface area contributed by atoms with Crippen LogP contribution >= 0.6 is 0 Å². The standard InChI is InChI=1S/C20H31NO13/c1-7-12(24)9(8(3-22)2-21-7)5-31-19-18(30)16(28)14(26)11(34-19)6-32-20-17(29)15(27)13(25)10(4-23)33-20/h2,10-11,13-20,22-30H,3-6H2,1H3/t10-,11-,13-,14-,15+,16+,17-,18-,19+,20+/m1/s1. The van der Waals surface area contributed by atoms with Gasteiger partial charge in [0.15, 0.2) is 12.6 Å². The van der Waals surface area contributed by atoms with Crippen LogP contribution in [0.3, 0.4) is 0 Å². The summed E-state index contributed by atoms with van der Waals surface area (Å²) in [5.74, 6) is -0.222. The fraction of sp³-hybridized carbons (Fsp3) is 0.750. The largest absolute Gasteiger partial charge is 0.506 e. The molecular formula is C20H31NO13. The summed E-state index contributed by atoms with van der Waals surface area (Å²) in [6, 6.07) is 0. The molecule has 10 atom stereocenters. The number of aromatic nitrogens is 1. The normalized spacial score (nSPS) is 38.7. The summed E-state index contributed by atoms with van der Waals surface area (Å²) in [6.07, 6.45) is -14.1. The maximum atomic E-state index is 10.3. The molecule has 0 radical (unpaired) electrons. The molecule has 2 saturated heterocycles. The number of aliphatic hydroxyl groups excluding tert-OH is 8. The monoisotopic (exact) mass is 493 g/mol. The molecule has 0 spiro atoms. The minimum Gasteiger partial charge on any atom is -0.506 e. The van der Waals surface area contributed by atoms with Gasteiger partial charge in [-0.25, -0.2) is 0 Å². The minimum absolute atomic E-state index is 0.195. The van der Waals surface area contributed by atoms with Gasteiger partial charge >= 0.3 is 0 Å². The molecule has 0 aliphatic carbocycles. The molecule has 194 valence electrons. The Bertz CT molecular complexity index is 811. The number of pyridine rings is 1. The number of rotatable bonds is 8. The van der Waals surface area contributed by atoms with Gasteiger partial charge in [-0.3, -0.25) is 4.98 Å². The summed E-state index contributed by atoms with van der Waals surface area (Å²) in [5.41, 5.74) is 0.749. The molecule has 3 rings (SSSR count). The maximum absolute atomic E-state index is 10.3. The van der Waals surface area contributed by atoms with Gasteiger partial charge < -0.3 is 64.9 Å². The molecule has 14 nitrogen and oxygen atoms in total. The van der Waals surface area contributed by atoms with Crippen molar-refractivity contribution in [3.8, 4) is 5.75 Å². The summed E-state index contributed by atoms with van der Waals surface area (Å²) in [5, 5.41) is 89.5. The molecule has 0 unspecified atom stereocenters. The zero-order chi connectivity index (χ0) is 25.2. The van der Waals surface area contributed by atoms with E-state index in [1.54, 1.807) is 6.92 Å². The average Bonchev–Trinajstić information content (AvgIpc) is 2.83. The minimum atomic E-state index is -1.72. The molecule has 0 aromatic carbocycles. The van der Waals surface area contributed by atoms with Gasteiger partial charge in [-0.05, 0) is 6.92 Å². The van der Waals surface area contributed by atoms with Crippen molar-refractivity contribution >= 4 is 0 Å². The second-order valence-corrected chi connectivity index (χ2v) is 8.21. The lowest BCUT2D eigenvalue weighted by molar-refractivity contribution is -0.332. The number of nitrogens with zero attached hydrogens (tertiary/aromatic N) is 1. The molecule has 2 aliphatic rings. The van der Waals surface area contributed by atoms with Crippen LogP contribution in [-0.4, -0.2) is 126 Å². The summed E-state index contributed by atoms with van der Waals surface area (Å²) >= 11 is 0. The molecule has 2 aliphatic heterocycles. The lowest BCUT2D eigenvalue weighted by atomic mass is 9.98. The lowest BCUT2D eigenvalue weighted by Crippen LogP contribution is -2.61. The molecule has 3 heterocycles. The molecule has 2 fully saturated rings. The van der Waals surface area contributed by atoms with Crippen molar-refractivity contribution in [3.05, 3.63) is 23.0 Å². The lowest BCUT2D eigenvalue weighted by Gasteiger charge is -2.42. The van der Waals surface area contributed by atoms with Gasteiger partial charge in [0, 0.05) is 17.3 Å². The van der Waals surface area contributed by atoms with Crippen LogP contribution in [0, 0.1) is 6.92 Å². The van der Waals surface area contributed by atoms with E-state index in [0.29, 0.717) is 0 Å². The Balaban J connectivity index is 1.66. The predicted molar refractivity (Wildman–Crippen MR) is 108 cm³/mol. The van der Waals surface area contributed by atoms with E-state index in [9.17, 15) is 46.0 Å². The van der Waals surface area contributed by atoms with E-state index in [2.05, 4.69) is 4.98 Å². The molecule has 1 aromatic heterocycles. The first-order valence-electron chi connectivity index (χ1n) is 10.6. The number of hydrogen-bond donors (Lipinski definition) is 9. The SMILES string of the molecule is Cc1ncc(CO)c(CO[C@H]2O[C@H](CO[C@H]3O[C@H](CO)[C@@H](O)[C@H](O)[C@H]3O)[C@@H](O)[C@H](O)[C@H]2O)c1O. The van der Waals surface area contributed by atoms with Crippen molar-refractivity contribution < 1.29 is 64.9 Å². The zero-order valence-electron chi connectivity index (χ0n) is 18.3. The fourth-order valence-electron chi connectivity index (χ4n) is 3.73. The summed E-state index contributed by atoms with van der Waals surface area (Å²) in [6.45, 7) is -0.404. The van der Waals surface area contributed by atoms with Crippen LogP contribution in [0.25, 0.3) is 0 Å². The number of aryl methyl sites for hydroxylation is 1. The van der Waals surface area contributed by atoms with E-state index in [1.807, 2.05) is 0 Å². The molecule has 1 aromatic rings. The van der Waals surface area contributed by atoms with Crippen molar-refractivity contribution in [2.45, 2.75) is 81.5 Å². The van der Waals surface area contributed by atoms with E-state index in [4.69, 9.17) is 18.9 Å². The maximum Gasteiger partial charge on any atom is 0.187 e. The first-order chi connectivity index (χ1) is 16.1. The van der Waals surface area contributed by atoms with Gasteiger partial charge in [-0.15, -0.1) is 0 Å². The van der Waals surface area contributed by atoms with Crippen molar-refractivity contribution in [2.24, 2.45) is 0 Å². The van der Waals surface area contributed by atoms with Crippen LogP contribution in [0.15, 0.2) is 6.20 Å². The highest BCUT2D eigenvalue weighted by Gasteiger charge is 2.47. The zero-order valence-corrected chi connectivity index (χ0v) is 18.3.